The van der Waals surface area contributed by atoms with Crippen molar-refractivity contribution in [3.8, 4) is 0 Å². The molecule has 1 N–H and O–H groups in total. The predicted octanol–water partition coefficient (Wildman–Crippen LogP) is 3.59. The van der Waals surface area contributed by atoms with Crippen LogP contribution in [-0.4, -0.2) is 30.6 Å². The van der Waals surface area contributed by atoms with E-state index in [9.17, 15) is 0 Å². The van der Waals surface area contributed by atoms with E-state index in [0.717, 1.165) is 26.2 Å². The molecule has 1 aromatic rings. The molecule has 0 atom stereocenters. The summed E-state index contributed by atoms with van der Waals surface area (Å²) in [4.78, 5) is 4.03. The van der Waals surface area contributed by atoms with Crippen LogP contribution in [0.2, 0.25) is 0 Å². The van der Waals surface area contributed by atoms with Gasteiger partial charge in [-0.2, -0.15) is 0 Å². The molecule has 0 radical (unpaired) electrons. The van der Waals surface area contributed by atoms with Crippen LogP contribution in [-0.2, 0) is 6.54 Å². The maximum Gasteiger partial charge on any atom is 0.0330 e. The number of nitrogens with one attached hydrogen (secondary N) is 1. The molecule has 0 spiro atoms. The standard InChI is InChI=1S/C15H28N2S/c1-6-16-11-15(4,5)12-17(13(2)3)10-14-8-7-9-18-14/h7-9,13,16H,6,10-12H2,1-5H3. The molecule has 0 amide bonds. The van der Waals surface area contributed by atoms with Crippen LogP contribution in [0.15, 0.2) is 17.5 Å². The Morgan fingerprint density at radius 2 is 2.11 bits per heavy atom. The fourth-order valence-electron chi connectivity index (χ4n) is 2.09. The normalized spacial score (nSPS) is 12.6. The largest absolute Gasteiger partial charge is 0.316 e. The first kappa shape index (κ1) is 15.7. The molecule has 0 aromatic carbocycles. The molecule has 3 heteroatoms. The van der Waals surface area contributed by atoms with Crippen molar-refractivity contribution < 1.29 is 0 Å². The van der Waals surface area contributed by atoms with E-state index in [1.165, 1.54) is 4.88 Å². The van der Waals surface area contributed by atoms with Gasteiger partial charge in [0.1, 0.15) is 0 Å². The highest BCUT2D eigenvalue weighted by molar-refractivity contribution is 7.09. The number of hydrogen-bond acceptors (Lipinski definition) is 3. The van der Waals surface area contributed by atoms with Crippen LogP contribution in [0.3, 0.4) is 0 Å². The highest BCUT2D eigenvalue weighted by atomic mass is 32.1. The lowest BCUT2D eigenvalue weighted by molar-refractivity contribution is 0.136. The monoisotopic (exact) mass is 268 g/mol. The maximum atomic E-state index is 3.47. The van der Waals surface area contributed by atoms with Gasteiger partial charge < -0.3 is 5.32 Å². The Labute approximate surface area is 116 Å². The Balaban J connectivity index is 2.57. The molecular weight excluding hydrogens is 240 g/mol. The third kappa shape index (κ3) is 5.51. The first-order chi connectivity index (χ1) is 8.44. The summed E-state index contributed by atoms with van der Waals surface area (Å²) in [6.07, 6.45) is 0. The Kier molecular flexibility index (Phi) is 6.33. The Bertz CT molecular complexity index is 317. The molecule has 2 nitrogen and oxygen atoms in total. The molecule has 0 saturated heterocycles. The second-order valence-corrected chi connectivity index (χ2v) is 7.05. The van der Waals surface area contributed by atoms with Gasteiger partial charge in [-0.1, -0.05) is 26.8 Å². The molecule has 0 bridgehead atoms. The van der Waals surface area contributed by atoms with Crippen molar-refractivity contribution in [2.24, 2.45) is 5.41 Å². The quantitative estimate of drug-likeness (QED) is 0.775. The van der Waals surface area contributed by atoms with Gasteiger partial charge in [-0.25, -0.2) is 0 Å². The van der Waals surface area contributed by atoms with Gasteiger partial charge in [0.25, 0.3) is 0 Å². The van der Waals surface area contributed by atoms with E-state index in [2.05, 4.69) is 62.3 Å². The molecule has 0 saturated carbocycles. The molecule has 0 aliphatic heterocycles. The smallest absolute Gasteiger partial charge is 0.0330 e. The van der Waals surface area contributed by atoms with Gasteiger partial charge >= 0.3 is 0 Å². The zero-order chi connectivity index (χ0) is 13.6. The lowest BCUT2D eigenvalue weighted by atomic mass is 9.92. The lowest BCUT2D eigenvalue weighted by Gasteiger charge is -2.35. The molecule has 18 heavy (non-hydrogen) atoms. The summed E-state index contributed by atoms with van der Waals surface area (Å²) in [5.74, 6) is 0. The number of rotatable bonds is 8. The van der Waals surface area contributed by atoms with Crippen molar-refractivity contribution in [1.29, 1.82) is 0 Å². The Morgan fingerprint density at radius 3 is 2.61 bits per heavy atom. The summed E-state index contributed by atoms with van der Waals surface area (Å²) in [6.45, 7) is 15.8. The first-order valence-corrected chi connectivity index (χ1v) is 7.80. The summed E-state index contributed by atoms with van der Waals surface area (Å²) in [6, 6.07) is 4.97. The van der Waals surface area contributed by atoms with Crippen LogP contribution in [0, 0.1) is 5.41 Å². The van der Waals surface area contributed by atoms with Crippen LogP contribution in [0.5, 0.6) is 0 Å². The molecule has 1 aromatic heterocycles. The molecule has 1 heterocycles. The van der Waals surface area contributed by atoms with Crippen molar-refractivity contribution in [2.75, 3.05) is 19.6 Å². The average molecular weight is 268 g/mol. The van der Waals surface area contributed by atoms with Crippen LogP contribution in [0.4, 0.5) is 0 Å². The third-order valence-electron chi connectivity index (χ3n) is 3.15. The third-order valence-corrected chi connectivity index (χ3v) is 4.02. The summed E-state index contributed by atoms with van der Waals surface area (Å²) in [5, 5.41) is 5.63. The first-order valence-electron chi connectivity index (χ1n) is 6.92. The van der Waals surface area contributed by atoms with Gasteiger partial charge in [-0.15, -0.1) is 11.3 Å². The summed E-state index contributed by atoms with van der Waals surface area (Å²) in [7, 11) is 0. The molecule has 0 fully saturated rings. The van der Waals surface area contributed by atoms with Gasteiger partial charge in [-0.05, 0) is 37.3 Å². The van der Waals surface area contributed by atoms with Crippen LogP contribution >= 0.6 is 11.3 Å². The maximum absolute atomic E-state index is 3.47. The van der Waals surface area contributed by atoms with Gasteiger partial charge in [-0.3, -0.25) is 4.90 Å². The average Bonchev–Trinajstić information content (AvgIpc) is 2.78. The minimum atomic E-state index is 0.317. The van der Waals surface area contributed by atoms with Gasteiger partial charge in [0, 0.05) is 30.6 Å². The second kappa shape index (κ2) is 7.27. The van der Waals surface area contributed by atoms with Crippen molar-refractivity contribution in [2.45, 2.75) is 47.2 Å². The van der Waals surface area contributed by atoms with Gasteiger partial charge in [0.15, 0.2) is 0 Å². The molecule has 1 rings (SSSR count). The highest BCUT2D eigenvalue weighted by Crippen LogP contribution is 2.21. The van der Waals surface area contributed by atoms with E-state index in [4.69, 9.17) is 0 Å². The summed E-state index contributed by atoms with van der Waals surface area (Å²) < 4.78 is 0. The van der Waals surface area contributed by atoms with E-state index in [1.54, 1.807) is 0 Å². The number of thiophene rings is 1. The Hall–Kier alpha value is -0.380. The number of nitrogens with zero attached hydrogens (tertiary/aromatic N) is 1. The van der Waals surface area contributed by atoms with Crippen molar-refractivity contribution in [1.82, 2.24) is 10.2 Å². The van der Waals surface area contributed by atoms with Crippen LogP contribution < -0.4 is 5.32 Å². The minimum absolute atomic E-state index is 0.317. The van der Waals surface area contributed by atoms with Gasteiger partial charge in [0.05, 0.1) is 0 Å². The van der Waals surface area contributed by atoms with Crippen LogP contribution in [0.25, 0.3) is 0 Å². The van der Waals surface area contributed by atoms with Gasteiger partial charge in [0.2, 0.25) is 0 Å². The van der Waals surface area contributed by atoms with Crippen LogP contribution in [0.1, 0.15) is 39.5 Å². The Morgan fingerprint density at radius 1 is 1.39 bits per heavy atom. The fraction of sp³-hybridized carbons (Fsp3) is 0.733. The van der Waals surface area contributed by atoms with Crippen molar-refractivity contribution >= 4 is 11.3 Å². The minimum Gasteiger partial charge on any atom is -0.316 e. The van der Waals surface area contributed by atoms with Crippen molar-refractivity contribution in [3.05, 3.63) is 22.4 Å². The summed E-state index contributed by atoms with van der Waals surface area (Å²) >= 11 is 1.86. The molecular formula is C15H28N2S. The highest BCUT2D eigenvalue weighted by Gasteiger charge is 2.23. The van der Waals surface area contributed by atoms with E-state index < -0.39 is 0 Å². The summed E-state index contributed by atoms with van der Waals surface area (Å²) in [5.41, 5.74) is 0.317. The van der Waals surface area contributed by atoms with E-state index in [1.807, 2.05) is 11.3 Å². The SMILES string of the molecule is CCNCC(C)(C)CN(Cc1cccs1)C(C)C. The second-order valence-electron chi connectivity index (χ2n) is 6.02. The predicted molar refractivity (Wildman–Crippen MR) is 82.2 cm³/mol. The molecule has 0 unspecified atom stereocenters. The molecule has 0 aliphatic carbocycles. The molecule has 0 aliphatic rings. The topological polar surface area (TPSA) is 15.3 Å². The van der Waals surface area contributed by atoms with Crippen molar-refractivity contribution in [3.63, 3.8) is 0 Å². The number of hydrogen-bond donors (Lipinski definition) is 1. The van der Waals surface area contributed by atoms with E-state index in [-0.39, 0.29) is 0 Å². The molecule has 104 valence electrons. The fourth-order valence-corrected chi connectivity index (χ4v) is 2.82. The van der Waals surface area contributed by atoms with E-state index in [0.29, 0.717) is 11.5 Å². The van der Waals surface area contributed by atoms with E-state index >= 15 is 0 Å². The zero-order valence-electron chi connectivity index (χ0n) is 12.5. The zero-order valence-corrected chi connectivity index (χ0v) is 13.3. The lowest BCUT2D eigenvalue weighted by Crippen LogP contribution is -2.42.